The van der Waals surface area contributed by atoms with Crippen molar-refractivity contribution in [2.75, 3.05) is 31.9 Å². The van der Waals surface area contributed by atoms with Crippen LogP contribution in [0.15, 0.2) is 10.9 Å². The van der Waals surface area contributed by atoms with Gasteiger partial charge in [-0.2, -0.15) is 4.31 Å². The van der Waals surface area contributed by atoms with Crippen LogP contribution in [0, 0.1) is 0 Å². The third-order valence-corrected chi connectivity index (χ3v) is 5.70. The summed E-state index contributed by atoms with van der Waals surface area (Å²) < 4.78 is 25.3. The van der Waals surface area contributed by atoms with Gasteiger partial charge in [0.15, 0.2) is 0 Å². The number of piperazine rings is 1. The molecule has 0 aliphatic carbocycles. The van der Waals surface area contributed by atoms with Crippen LogP contribution in [0.4, 0.5) is 0 Å². The van der Waals surface area contributed by atoms with E-state index >= 15 is 0 Å². The Labute approximate surface area is 117 Å². The van der Waals surface area contributed by atoms with E-state index in [4.69, 9.17) is 0 Å². The third kappa shape index (κ3) is 3.31. The van der Waals surface area contributed by atoms with Gasteiger partial charge in [0.05, 0.1) is 11.3 Å². The van der Waals surface area contributed by atoms with Gasteiger partial charge in [0.1, 0.15) is 5.69 Å². The van der Waals surface area contributed by atoms with Crippen LogP contribution in [0.1, 0.15) is 23.8 Å². The maximum Gasteiger partial charge on any atom is 0.273 e. The van der Waals surface area contributed by atoms with Gasteiger partial charge < -0.3 is 4.90 Å². The highest BCUT2D eigenvalue weighted by atomic mass is 32.2. The van der Waals surface area contributed by atoms with E-state index in [0.717, 1.165) is 0 Å². The fourth-order valence-corrected chi connectivity index (χ4v) is 4.06. The lowest BCUT2D eigenvalue weighted by molar-refractivity contribution is 0.0693. The molecule has 1 amide bonds. The first-order chi connectivity index (χ1) is 9.04. The number of aromatic nitrogens is 1. The van der Waals surface area contributed by atoms with Gasteiger partial charge in [-0.25, -0.2) is 13.4 Å². The molecule has 1 aromatic heterocycles. The number of thiazole rings is 1. The summed E-state index contributed by atoms with van der Waals surface area (Å²) in [6, 6.07) is 0. The molecular formula is C11H17N3O3S2. The lowest BCUT2D eigenvalue weighted by Crippen LogP contribution is -2.51. The van der Waals surface area contributed by atoms with E-state index in [0.29, 0.717) is 38.3 Å². The molecular weight excluding hydrogens is 286 g/mol. The van der Waals surface area contributed by atoms with Gasteiger partial charge >= 0.3 is 0 Å². The predicted molar refractivity (Wildman–Crippen MR) is 73.7 cm³/mol. The first-order valence-corrected chi connectivity index (χ1v) is 8.75. The molecule has 0 aromatic carbocycles. The zero-order chi connectivity index (χ0) is 13.9. The van der Waals surface area contributed by atoms with Crippen LogP contribution in [0.25, 0.3) is 0 Å². The Bertz CT molecular complexity index is 519. The Balaban J connectivity index is 1.94. The molecule has 1 aromatic rings. The van der Waals surface area contributed by atoms with Crippen LogP contribution in [0.2, 0.25) is 0 Å². The predicted octanol–water partition coefficient (Wildman–Crippen LogP) is 0.641. The maximum absolute atomic E-state index is 12.0. The molecule has 19 heavy (non-hydrogen) atoms. The Morgan fingerprint density at radius 2 is 2.05 bits per heavy atom. The second-order valence-corrected chi connectivity index (χ2v) is 7.19. The summed E-state index contributed by atoms with van der Waals surface area (Å²) in [5.74, 6) is 0.0568. The average molecular weight is 303 g/mol. The van der Waals surface area contributed by atoms with E-state index in [2.05, 4.69) is 4.98 Å². The molecule has 1 fully saturated rings. The van der Waals surface area contributed by atoms with Crippen LogP contribution >= 0.6 is 11.3 Å². The molecule has 106 valence electrons. The Morgan fingerprint density at radius 1 is 1.37 bits per heavy atom. The molecule has 0 spiro atoms. The minimum Gasteiger partial charge on any atom is -0.335 e. The van der Waals surface area contributed by atoms with Crippen molar-refractivity contribution < 1.29 is 13.2 Å². The minimum atomic E-state index is -3.15. The van der Waals surface area contributed by atoms with Crippen molar-refractivity contribution >= 4 is 27.3 Å². The van der Waals surface area contributed by atoms with E-state index in [1.165, 1.54) is 15.6 Å². The monoisotopic (exact) mass is 303 g/mol. The summed E-state index contributed by atoms with van der Waals surface area (Å²) >= 11 is 1.38. The van der Waals surface area contributed by atoms with E-state index in [1.807, 2.05) is 6.92 Å². The number of amides is 1. The summed E-state index contributed by atoms with van der Waals surface area (Å²) in [4.78, 5) is 17.7. The van der Waals surface area contributed by atoms with Crippen LogP contribution in [-0.4, -0.2) is 60.4 Å². The Morgan fingerprint density at radius 3 is 2.58 bits per heavy atom. The highest BCUT2D eigenvalue weighted by molar-refractivity contribution is 7.89. The molecule has 0 atom stereocenters. The lowest BCUT2D eigenvalue weighted by atomic mass is 10.3. The zero-order valence-corrected chi connectivity index (χ0v) is 12.4. The normalized spacial score (nSPS) is 17.6. The van der Waals surface area contributed by atoms with Crippen LogP contribution in [-0.2, 0) is 10.0 Å². The number of carbonyl (C=O) groups is 1. The first kappa shape index (κ1) is 14.4. The van der Waals surface area contributed by atoms with E-state index in [9.17, 15) is 13.2 Å². The number of hydrogen-bond acceptors (Lipinski definition) is 5. The van der Waals surface area contributed by atoms with E-state index in [-0.39, 0.29) is 11.7 Å². The minimum absolute atomic E-state index is 0.117. The molecule has 0 saturated carbocycles. The fraction of sp³-hybridized carbons (Fsp3) is 0.636. The lowest BCUT2D eigenvalue weighted by Gasteiger charge is -2.33. The van der Waals surface area contributed by atoms with Crippen molar-refractivity contribution in [2.24, 2.45) is 0 Å². The summed E-state index contributed by atoms with van der Waals surface area (Å²) in [6.07, 6.45) is 0.611. The second-order valence-electron chi connectivity index (χ2n) is 4.38. The third-order valence-electron chi connectivity index (χ3n) is 3.03. The quantitative estimate of drug-likeness (QED) is 0.818. The second kappa shape index (κ2) is 5.98. The Hall–Kier alpha value is -0.990. The van der Waals surface area contributed by atoms with Crippen molar-refractivity contribution in [3.05, 3.63) is 16.6 Å². The van der Waals surface area contributed by atoms with Crippen molar-refractivity contribution in [1.29, 1.82) is 0 Å². The van der Waals surface area contributed by atoms with Crippen molar-refractivity contribution in [3.63, 3.8) is 0 Å². The standard InChI is InChI=1S/C11H17N3O3S2/c1-2-7-19(16,17)14-5-3-13(4-6-14)11(15)10-8-18-9-12-10/h8-9H,2-7H2,1H3. The van der Waals surface area contributed by atoms with Gasteiger partial charge in [0.2, 0.25) is 10.0 Å². The first-order valence-electron chi connectivity index (χ1n) is 6.20. The molecule has 1 aliphatic heterocycles. The van der Waals surface area contributed by atoms with Crippen LogP contribution in [0.3, 0.4) is 0 Å². The van der Waals surface area contributed by atoms with Crippen molar-refractivity contribution in [3.8, 4) is 0 Å². The molecule has 6 nitrogen and oxygen atoms in total. The van der Waals surface area contributed by atoms with Crippen molar-refractivity contribution in [1.82, 2.24) is 14.2 Å². The molecule has 1 saturated heterocycles. The number of sulfonamides is 1. The summed E-state index contributed by atoms with van der Waals surface area (Å²) in [7, 11) is -3.15. The Kier molecular flexibility index (Phi) is 4.54. The smallest absolute Gasteiger partial charge is 0.273 e. The van der Waals surface area contributed by atoms with Gasteiger partial charge in [0, 0.05) is 31.6 Å². The molecule has 0 N–H and O–H groups in total. The topological polar surface area (TPSA) is 70.6 Å². The fourth-order valence-electron chi connectivity index (χ4n) is 2.04. The number of hydrogen-bond donors (Lipinski definition) is 0. The van der Waals surface area contributed by atoms with Gasteiger partial charge in [0.25, 0.3) is 5.91 Å². The molecule has 0 unspecified atom stereocenters. The molecule has 1 aliphatic rings. The zero-order valence-electron chi connectivity index (χ0n) is 10.8. The van der Waals surface area contributed by atoms with Crippen LogP contribution < -0.4 is 0 Å². The summed E-state index contributed by atoms with van der Waals surface area (Å²) in [5, 5.41) is 1.71. The number of carbonyl (C=O) groups excluding carboxylic acids is 1. The highest BCUT2D eigenvalue weighted by Gasteiger charge is 2.28. The number of rotatable bonds is 4. The molecule has 2 rings (SSSR count). The molecule has 2 heterocycles. The van der Waals surface area contributed by atoms with Crippen LogP contribution in [0.5, 0.6) is 0 Å². The van der Waals surface area contributed by atoms with Gasteiger partial charge in [-0.05, 0) is 6.42 Å². The maximum atomic E-state index is 12.0. The molecule has 8 heteroatoms. The largest absolute Gasteiger partial charge is 0.335 e. The van der Waals surface area contributed by atoms with Gasteiger partial charge in [-0.1, -0.05) is 6.92 Å². The number of nitrogens with zero attached hydrogens (tertiary/aromatic N) is 3. The van der Waals surface area contributed by atoms with E-state index in [1.54, 1.807) is 15.8 Å². The van der Waals surface area contributed by atoms with Gasteiger partial charge in [-0.3, -0.25) is 4.79 Å². The molecule has 0 radical (unpaired) electrons. The summed E-state index contributed by atoms with van der Waals surface area (Å²) in [5.41, 5.74) is 2.06. The van der Waals surface area contributed by atoms with E-state index < -0.39 is 10.0 Å². The van der Waals surface area contributed by atoms with Gasteiger partial charge in [-0.15, -0.1) is 11.3 Å². The molecule has 0 bridgehead atoms. The SMILES string of the molecule is CCCS(=O)(=O)N1CCN(C(=O)c2cscn2)CC1. The van der Waals surface area contributed by atoms with Crippen molar-refractivity contribution in [2.45, 2.75) is 13.3 Å². The highest BCUT2D eigenvalue weighted by Crippen LogP contribution is 2.12. The summed E-state index contributed by atoms with van der Waals surface area (Å²) in [6.45, 7) is 3.45. The average Bonchev–Trinajstić information content (AvgIpc) is 2.92.